The second kappa shape index (κ2) is 6.23. The van der Waals surface area contributed by atoms with Crippen LogP contribution < -0.4 is 0 Å². The highest BCUT2D eigenvalue weighted by Crippen LogP contribution is 2.49. The second-order valence-corrected chi connectivity index (χ2v) is 8.55. The predicted molar refractivity (Wildman–Crippen MR) is 75.1 cm³/mol. The van der Waals surface area contributed by atoms with Gasteiger partial charge in [0.2, 0.25) is 6.10 Å². The molecule has 2 rings (SSSR count). The molecule has 0 spiro atoms. The van der Waals surface area contributed by atoms with Gasteiger partial charge in [0.15, 0.2) is 0 Å². The Kier molecular flexibility index (Phi) is 5.02. The van der Waals surface area contributed by atoms with E-state index in [1.54, 1.807) is 6.92 Å². The predicted octanol–water partition coefficient (Wildman–Crippen LogP) is 2.95. The molecule has 2 aliphatic carbocycles. The minimum Gasteiger partial charge on any atom is -0.451 e. The Hall–Kier alpha value is -0.830. The van der Waals surface area contributed by atoms with Crippen molar-refractivity contribution in [2.45, 2.75) is 57.7 Å². The first-order chi connectivity index (χ1) is 10.4. The lowest BCUT2D eigenvalue weighted by atomic mass is 9.61. The van der Waals surface area contributed by atoms with Crippen molar-refractivity contribution in [3.8, 4) is 0 Å². The van der Waals surface area contributed by atoms with Crippen LogP contribution in [0.25, 0.3) is 0 Å². The third-order valence-electron chi connectivity index (χ3n) is 4.84. The van der Waals surface area contributed by atoms with E-state index < -0.39 is 39.5 Å². The van der Waals surface area contributed by atoms with E-state index in [0.717, 1.165) is 25.7 Å². The van der Waals surface area contributed by atoms with Crippen LogP contribution in [0, 0.1) is 17.3 Å². The molecule has 3 atom stereocenters. The molecule has 0 saturated heterocycles. The molecule has 0 aromatic rings. The normalized spacial score (nSPS) is 33.1. The Morgan fingerprint density at radius 1 is 1.30 bits per heavy atom. The SMILES string of the molecule is CC1(C(=O)OC(CS(=O)(=O)O)C(F)(F)F)CC2CCCC(C2)C1. The summed E-state index contributed by atoms with van der Waals surface area (Å²) in [5.41, 5.74) is -1.03. The van der Waals surface area contributed by atoms with E-state index >= 15 is 0 Å². The van der Waals surface area contributed by atoms with E-state index in [9.17, 15) is 26.4 Å². The third kappa shape index (κ3) is 4.82. The van der Waals surface area contributed by atoms with E-state index in [0.29, 0.717) is 24.7 Å². The molecule has 134 valence electrons. The van der Waals surface area contributed by atoms with E-state index in [1.807, 2.05) is 0 Å². The zero-order valence-electron chi connectivity index (χ0n) is 12.8. The molecule has 0 radical (unpaired) electrons. The lowest BCUT2D eigenvalue weighted by molar-refractivity contribution is -0.222. The highest BCUT2D eigenvalue weighted by Gasteiger charge is 2.50. The number of halogens is 3. The smallest absolute Gasteiger partial charge is 0.426 e. The molecule has 2 fully saturated rings. The van der Waals surface area contributed by atoms with Gasteiger partial charge in [-0.3, -0.25) is 9.35 Å². The lowest BCUT2D eigenvalue weighted by Gasteiger charge is -2.44. The fourth-order valence-electron chi connectivity index (χ4n) is 3.96. The Morgan fingerprint density at radius 2 is 1.83 bits per heavy atom. The Balaban J connectivity index is 2.11. The summed E-state index contributed by atoms with van der Waals surface area (Å²) in [6, 6.07) is 0. The summed E-state index contributed by atoms with van der Waals surface area (Å²) in [4.78, 5) is 12.3. The molecular weight excluding hydrogens is 337 g/mol. The molecule has 0 heterocycles. The van der Waals surface area contributed by atoms with Crippen LogP contribution >= 0.6 is 0 Å². The van der Waals surface area contributed by atoms with Gasteiger partial charge < -0.3 is 4.74 Å². The summed E-state index contributed by atoms with van der Waals surface area (Å²) in [5.74, 6) is -2.11. The van der Waals surface area contributed by atoms with E-state index in [2.05, 4.69) is 4.74 Å². The van der Waals surface area contributed by atoms with Gasteiger partial charge in [0, 0.05) is 0 Å². The van der Waals surface area contributed by atoms with Crippen molar-refractivity contribution in [2.75, 3.05) is 5.75 Å². The number of ether oxygens (including phenoxy) is 1. The Morgan fingerprint density at radius 3 is 2.26 bits per heavy atom. The fourth-order valence-corrected chi connectivity index (χ4v) is 4.60. The minimum atomic E-state index is -5.05. The van der Waals surface area contributed by atoms with Crippen LogP contribution in [0.3, 0.4) is 0 Å². The van der Waals surface area contributed by atoms with Crippen molar-refractivity contribution in [1.82, 2.24) is 0 Å². The molecule has 2 bridgehead atoms. The Labute approximate surface area is 133 Å². The minimum absolute atomic E-state index is 0.297. The van der Waals surface area contributed by atoms with Crippen LogP contribution in [0.1, 0.15) is 45.4 Å². The number of hydrogen-bond acceptors (Lipinski definition) is 4. The van der Waals surface area contributed by atoms with Crippen molar-refractivity contribution in [3.05, 3.63) is 0 Å². The molecule has 9 heteroatoms. The fraction of sp³-hybridized carbons (Fsp3) is 0.929. The van der Waals surface area contributed by atoms with E-state index in [1.165, 1.54) is 0 Å². The number of rotatable bonds is 4. The average Bonchev–Trinajstić information content (AvgIpc) is 2.34. The summed E-state index contributed by atoms with van der Waals surface area (Å²) in [5, 5.41) is 0. The van der Waals surface area contributed by atoms with Crippen LogP contribution in [0.15, 0.2) is 0 Å². The van der Waals surface area contributed by atoms with Gasteiger partial charge in [-0.2, -0.15) is 21.6 Å². The molecule has 0 amide bonds. The molecule has 1 N–H and O–H groups in total. The highest BCUT2D eigenvalue weighted by atomic mass is 32.2. The average molecular weight is 358 g/mol. The lowest BCUT2D eigenvalue weighted by Crippen LogP contribution is -2.46. The molecule has 0 aromatic carbocycles. The third-order valence-corrected chi connectivity index (χ3v) is 5.56. The molecular formula is C14H21F3O5S. The van der Waals surface area contributed by atoms with Gasteiger partial charge in [0.25, 0.3) is 10.1 Å². The number of carbonyl (C=O) groups excluding carboxylic acids is 1. The summed E-state index contributed by atoms with van der Waals surface area (Å²) in [6.07, 6.45) is -3.03. The van der Waals surface area contributed by atoms with Crippen LogP contribution in [0.4, 0.5) is 13.2 Å². The molecule has 2 aliphatic rings. The van der Waals surface area contributed by atoms with Crippen LogP contribution in [-0.4, -0.2) is 37.0 Å². The van der Waals surface area contributed by atoms with Crippen LogP contribution in [0.2, 0.25) is 0 Å². The summed E-state index contributed by atoms with van der Waals surface area (Å²) >= 11 is 0. The van der Waals surface area contributed by atoms with Crippen molar-refractivity contribution >= 4 is 16.1 Å². The van der Waals surface area contributed by atoms with E-state index in [-0.39, 0.29) is 0 Å². The number of hydrogen-bond donors (Lipinski definition) is 1. The summed E-state index contributed by atoms with van der Waals surface area (Å²) < 4.78 is 73.3. The summed E-state index contributed by atoms with van der Waals surface area (Å²) in [7, 11) is -4.91. The topological polar surface area (TPSA) is 80.7 Å². The largest absolute Gasteiger partial charge is 0.451 e. The zero-order chi connectivity index (χ0) is 17.5. The first-order valence-corrected chi connectivity index (χ1v) is 9.23. The Bertz CT molecular complexity index is 545. The number of carbonyl (C=O) groups is 1. The molecule has 0 aromatic heterocycles. The van der Waals surface area contributed by atoms with Gasteiger partial charge in [-0.15, -0.1) is 0 Å². The van der Waals surface area contributed by atoms with E-state index in [4.69, 9.17) is 4.55 Å². The molecule has 23 heavy (non-hydrogen) atoms. The maximum absolute atomic E-state index is 12.9. The monoisotopic (exact) mass is 358 g/mol. The van der Waals surface area contributed by atoms with Gasteiger partial charge in [-0.05, 0) is 38.0 Å². The quantitative estimate of drug-likeness (QED) is 0.617. The second-order valence-electron chi connectivity index (χ2n) is 7.05. The first-order valence-electron chi connectivity index (χ1n) is 7.62. The van der Waals surface area contributed by atoms with Gasteiger partial charge in [0.05, 0.1) is 5.41 Å². The van der Waals surface area contributed by atoms with Crippen LogP contribution in [-0.2, 0) is 19.6 Å². The van der Waals surface area contributed by atoms with Gasteiger partial charge in [-0.25, -0.2) is 0 Å². The van der Waals surface area contributed by atoms with Crippen molar-refractivity contribution < 1.29 is 35.7 Å². The molecule has 0 aliphatic heterocycles. The van der Waals surface area contributed by atoms with Gasteiger partial charge in [0.1, 0.15) is 5.75 Å². The first kappa shape index (κ1) is 18.5. The zero-order valence-corrected chi connectivity index (χ0v) is 13.6. The van der Waals surface area contributed by atoms with Crippen LogP contribution in [0.5, 0.6) is 0 Å². The van der Waals surface area contributed by atoms with Crippen molar-refractivity contribution in [1.29, 1.82) is 0 Å². The maximum Gasteiger partial charge on any atom is 0.426 e. The highest BCUT2D eigenvalue weighted by molar-refractivity contribution is 7.85. The van der Waals surface area contributed by atoms with Crippen molar-refractivity contribution in [3.63, 3.8) is 0 Å². The number of alkyl halides is 3. The van der Waals surface area contributed by atoms with Crippen molar-refractivity contribution in [2.24, 2.45) is 17.3 Å². The standard InChI is InChI=1S/C14H21F3O5S/c1-13(6-9-3-2-4-10(5-9)7-13)12(18)22-11(14(15,16)17)8-23(19,20)21/h9-11H,2-8H2,1H3,(H,19,20,21). The molecule has 5 nitrogen and oxygen atoms in total. The maximum atomic E-state index is 12.9. The molecule has 3 unspecified atom stereocenters. The summed E-state index contributed by atoms with van der Waals surface area (Å²) in [6.45, 7) is 1.58. The number of fused-ring (bicyclic) bond motifs is 2. The van der Waals surface area contributed by atoms with Gasteiger partial charge in [-0.1, -0.05) is 19.3 Å². The number of esters is 1. The molecule has 2 saturated carbocycles. The van der Waals surface area contributed by atoms with Gasteiger partial charge >= 0.3 is 12.1 Å².